The van der Waals surface area contributed by atoms with Crippen LogP contribution in [-0.2, 0) is 0 Å². The lowest BCUT2D eigenvalue weighted by Crippen LogP contribution is -2.57. The third kappa shape index (κ3) is 2.32. The highest BCUT2D eigenvalue weighted by molar-refractivity contribution is 6.99. The summed E-state index contributed by atoms with van der Waals surface area (Å²) < 4.78 is 0. The molecular weight excluding hydrogens is 343 g/mol. The van der Waals surface area contributed by atoms with E-state index >= 15 is 0 Å². The topological polar surface area (TPSA) is 0 Å². The maximum absolute atomic E-state index is 6.55. The van der Waals surface area contributed by atoms with Gasteiger partial charge in [-0.05, 0) is 22.8 Å². The van der Waals surface area contributed by atoms with Gasteiger partial charge in [0.1, 0.15) is 0 Å². The van der Waals surface area contributed by atoms with Gasteiger partial charge in [0, 0.05) is 5.56 Å². The number of hydrogen-bond acceptors (Lipinski definition) is 0. The average molecular weight is 365 g/mol. The Bertz CT molecular complexity index is 781. The standard InChI is InChI=1S/C18H22Cl2Si2/c1-21(2,3)14-10-8-12-11-7-9-13(19)17(20)15(11)16(12)18(14)22(4,5)6/h7-10H,1-6H3. The molecule has 1 aliphatic rings. The van der Waals surface area contributed by atoms with Crippen LogP contribution in [0.4, 0.5) is 0 Å². The van der Waals surface area contributed by atoms with Crippen molar-refractivity contribution >= 4 is 49.7 Å². The highest BCUT2D eigenvalue weighted by atomic mass is 35.5. The summed E-state index contributed by atoms with van der Waals surface area (Å²) in [6.45, 7) is 14.6. The van der Waals surface area contributed by atoms with Crippen molar-refractivity contribution in [3.05, 3.63) is 34.3 Å². The van der Waals surface area contributed by atoms with E-state index in [1.54, 1.807) is 10.4 Å². The molecule has 1 aliphatic carbocycles. The molecule has 0 saturated heterocycles. The van der Waals surface area contributed by atoms with Crippen molar-refractivity contribution in [2.75, 3.05) is 0 Å². The fourth-order valence-corrected chi connectivity index (χ4v) is 9.47. The van der Waals surface area contributed by atoms with Crippen LogP contribution in [0, 0.1) is 0 Å². The summed E-state index contributed by atoms with van der Waals surface area (Å²) in [7, 11) is -2.89. The predicted octanol–water partition coefficient (Wildman–Crippen LogP) is 5.73. The van der Waals surface area contributed by atoms with Crippen molar-refractivity contribution < 1.29 is 0 Å². The van der Waals surface area contributed by atoms with E-state index < -0.39 is 16.1 Å². The largest absolute Gasteiger partial charge is 0.0827 e. The molecule has 0 aliphatic heterocycles. The van der Waals surface area contributed by atoms with Crippen LogP contribution in [0.5, 0.6) is 0 Å². The van der Waals surface area contributed by atoms with Crippen LogP contribution in [0.2, 0.25) is 49.3 Å². The van der Waals surface area contributed by atoms with Crippen LogP contribution in [0.25, 0.3) is 22.3 Å². The molecule has 0 radical (unpaired) electrons. The van der Waals surface area contributed by atoms with E-state index in [1.807, 2.05) is 6.07 Å². The summed E-state index contributed by atoms with van der Waals surface area (Å²) in [5, 5.41) is 4.57. The summed E-state index contributed by atoms with van der Waals surface area (Å²) >= 11 is 12.8. The normalized spacial score (nSPS) is 13.5. The summed E-state index contributed by atoms with van der Waals surface area (Å²) in [6.07, 6.45) is 0. The summed E-state index contributed by atoms with van der Waals surface area (Å²) in [5.74, 6) is 0. The lowest BCUT2D eigenvalue weighted by Gasteiger charge is -2.37. The Kier molecular flexibility index (Phi) is 3.69. The molecule has 3 rings (SSSR count). The summed E-state index contributed by atoms with van der Waals surface area (Å²) in [6, 6.07) is 8.68. The number of halogens is 2. The van der Waals surface area contributed by atoms with Crippen molar-refractivity contribution in [2.24, 2.45) is 0 Å². The van der Waals surface area contributed by atoms with Crippen LogP contribution in [0.1, 0.15) is 0 Å². The first kappa shape index (κ1) is 16.3. The summed E-state index contributed by atoms with van der Waals surface area (Å²) in [5.41, 5.74) is 5.18. The molecule has 0 bridgehead atoms. The molecule has 0 atom stereocenters. The second-order valence-electron chi connectivity index (χ2n) is 8.19. The van der Waals surface area contributed by atoms with Gasteiger partial charge in [0.25, 0.3) is 0 Å². The van der Waals surface area contributed by atoms with Gasteiger partial charge >= 0.3 is 0 Å². The SMILES string of the molecule is C[Si](C)(C)c1ccc2c(c1[Si](C)(C)C)-c1c-2ccc(Cl)c1Cl. The van der Waals surface area contributed by atoms with Crippen LogP contribution in [0.3, 0.4) is 0 Å². The maximum Gasteiger partial charge on any atom is 0.0782 e. The molecule has 4 heteroatoms. The Labute approximate surface area is 145 Å². The van der Waals surface area contributed by atoms with Gasteiger partial charge < -0.3 is 0 Å². The Morgan fingerprint density at radius 2 is 1.23 bits per heavy atom. The molecule has 0 heterocycles. The molecule has 116 valence electrons. The molecule has 2 aromatic carbocycles. The van der Waals surface area contributed by atoms with E-state index in [-0.39, 0.29) is 0 Å². The second-order valence-corrected chi connectivity index (χ2v) is 19.0. The fraction of sp³-hybridized carbons (Fsp3) is 0.333. The molecule has 0 unspecified atom stereocenters. The smallest absolute Gasteiger partial charge is 0.0782 e. The van der Waals surface area contributed by atoms with Gasteiger partial charge in [-0.2, -0.15) is 0 Å². The zero-order valence-electron chi connectivity index (χ0n) is 14.1. The van der Waals surface area contributed by atoms with Crippen LogP contribution in [0.15, 0.2) is 24.3 Å². The number of fused-ring (bicyclic) bond motifs is 4. The molecule has 0 nitrogen and oxygen atoms in total. The van der Waals surface area contributed by atoms with E-state index in [0.29, 0.717) is 5.02 Å². The van der Waals surface area contributed by atoms with Gasteiger partial charge in [-0.3, -0.25) is 0 Å². The minimum absolute atomic E-state index is 0.658. The van der Waals surface area contributed by atoms with Crippen molar-refractivity contribution in [1.29, 1.82) is 0 Å². The minimum Gasteiger partial charge on any atom is -0.0827 e. The zero-order valence-corrected chi connectivity index (χ0v) is 17.6. The molecule has 0 N–H and O–H groups in total. The molecule has 22 heavy (non-hydrogen) atoms. The van der Waals surface area contributed by atoms with E-state index in [9.17, 15) is 0 Å². The Balaban J connectivity index is 2.38. The first-order valence-electron chi connectivity index (χ1n) is 7.70. The van der Waals surface area contributed by atoms with E-state index in [4.69, 9.17) is 23.2 Å². The van der Waals surface area contributed by atoms with E-state index in [2.05, 4.69) is 57.5 Å². The van der Waals surface area contributed by atoms with E-state index in [0.717, 1.165) is 5.02 Å². The van der Waals surface area contributed by atoms with Gasteiger partial charge in [0.2, 0.25) is 0 Å². The average Bonchev–Trinajstić information content (AvgIpc) is 2.35. The lowest BCUT2D eigenvalue weighted by atomic mass is 9.80. The molecule has 0 spiro atoms. The van der Waals surface area contributed by atoms with Gasteiger partial charge in [0.15, 0.2) is 0 Å². The molecule has 0 amide bonds. The van der Waals surface area contributed by atoms with Gasteiger partial charge in [-0.15, -0.1) is 0 Å². The molecule has 0 aromatic heterocycles. The van der Waals surface area contributed by atoms with Crippen molar-refractivity contribution in [1.82, 2.24) is 0 Å². The first-order chi connectivity index (χ1) is 10.0. The number of rotatable bonds is 2. The molecule has 0 fully saturated rings. The monoisotopic (exact) mass is 364 g/mol. The molecular formula is C18H22Cl2Si2. The highest BCUT2D eigenvalue weighted by Gasteiger charge is 2.37. The number of hydrogen-bond donors (Lipinski definition) is 0. The van der Waals surface area contributed by atoms with Crippen LogP contribution in [-0.4, -0.2) is 16.1 Å². The Morgan fingerprint density at radius 3 is 1.77 bits per heavy atom. The third-order valence-corrected chi connectivity index (χ3v) is 9.50. The molecule has 0 saturated carbocycles. The third-order valence-electron chi connectivity index (χ3n) is 4.40. The fourth-order valence-electron chi connectivity index (χ4n) is 3.45. The Hall–Kier alpha value is -0.546. The quantitative estimate of drug-likeness (QED) is 0.509. The minimum atomic E-state index is -1.49. The van der Waals surface area contributed by atoms with Crippen molar-refractivity contribution in [3.63, 3.8) is 0 Å². The highest BCUT2D eigenvalue weighted by Crippen LogP contribution is 2.51. The van der Waals surface area contributed by atoms with Crippen LogP contribution < -0.4 is 10.4 Å². The second kappa shape index (κ2) is 4.97. The number of benzene rings is 2. The van der Waals surface area contributed by atoms with Gasteiger partial charge in [-0.1, -0.05) is 91.1 Å². The van der Waals surface area contributed by atoms with E-state index in [1.165, 1.54) is 22.3 Å². The predicted molar refractivity (Wildman–Crippen MR) is 107 cm³/mol. The van der Waals surface area contributed by atoms with Crippen molar-refractivity contribution in [3.8, 4) is 22.3 Å². The zero-order chi connectivity index (χ0) is 16.4. The van der Waals surface area contributed by atoms with Crippen molar-refractivity contribution in [2.45, 2.75) is 39.3 Å². The van der Waals surface area contributed by atoms with Gasteiger partial charge in [0.05, 0.1) is 26.2 Å². The lowest BCUT2D eigenvalue weighted by molar-refractivity contribution is 1.53. The first-order valence-corrected chi connectivity index (χ1v) is 15.5. The maximum atomic E-state index is 6.55. The Morgan fingerprint density at radius 1 is 0.682 bits per heavy atom. The van der Waals surface area contributed by atoms with Crippen LogP contribution >= 0.6 is 23.2 Å². The molecule has 2 aromatic rings. The summed E-state index contributed by atoms with van der Waals surface area (Å²) in [4.78, 5) is 0. The van der Waals surface area contributed by atoms with Gasteiger partial charge in [-0.25, -0.2) is 0 Å².